The Kier molecular flexibility index (Phi) is 4.11. The standard InChI is InChI=1S/C9H19NO4S/c1-9(2)8-14-6-4-10(9)15(12,13)7-3-5-11/h11H,3-8H2,1-2H3. The molecule has 1 rings (SSSR count). The molecule has 1 saturated heterocycles. The molecule has 0 aromatic rings. The number of aliphatic hydroxyl groups is 1. The Morgan fingerprint density at radius 2 is 2.13 bits per heavy atom. The van der Waals surface area contributed by atoms with Gasteiger partial charge >= 0.3 is 0 Å². The van der Waals surface area contributed by atoms with E-state index in [0.29, 0.717) is 19.8 Å². The minimum absolute atomic E-state index is 0.00687. The average molecular weight is 237 g/mol. The first-order chi connectivity index (χ1) is 6.90. The number of aliphatic hydroxyl groups excluding tert-OH is 1. The van der Waals surface area contributed by atoms with Crippen molar-refractivity contribution < 1.29 is 18.3 Å². The maximum Gasteiger partial charge on any atom is 0.214 e. The molecule has 1 aliphatic rings. The monoisotopic (exact) mass is 237 g/mol. The maximum atomic E-state index is 11.9. The predicted octanol–water partition coefficient (Wildman–Crippen LogP) is -0.191. The molecular weight excluding hydrogens is 218 g/mol. The highest BCUT2D eigenvalue weighted by atomic mass is 32.2. The highest BCUT2D eigenvalue weighted by Gasteiger charge is 2.38. The molecule has 0 bridgehead atoms. The van der Waals surface area contributed by atoms with Crippen LogP contribution < -0.4 is 0 Å². The molecule has 5 nitrogen and oxygen atoms in total. The lowest BCUT2D eigenvalue weighted by molar-refractivity contribution is -0.00773. The first kappa shape index (κ1) is 12.9. The van der Waals surface area contributed by atoms with Gasteiger partial charge in [-0.1, -0.05) is 0 Å². The van der Waals surface area contributed by atoms with Crippen molar-refractivity contribution in [2.24, 2.45) is 0 Å². The zero-order valence-corrected chi connectivity index (χ0v) is 10.1. The second kappa shape index (κ2) is 4.78. The second-order valence-electron chi connectivity index (χ2n) is 4.33. The molecule has 15 heavy (non-hydrogen) atoms. The van der Waals surface area contributed by atoms with E-state index in [1.807, 2.05) is 13.8 Å². The van der Waals surface area contributed by atoms with Crippen molar-refractivity contribution in [1.29, 1.82) is 0 Å². The van der Waals surface area contributed by atoms with E-state index in [1.165, 1.54) is 4.31 Å². The quantitative estimate of drug-likeness (QED) is 0.736. The summed E-state index contributed by atoms with van der Waals surface area (Å²) in [7, 11) is -3.26. The number of morpholine rings is 1. The molecule has 0 spiro atoms. The van der Waals surface area contributed by atoms with Crippen LogP contribution in [0.5, 0.6) is 0 Å². The van der Waals surface area contributed by atoms with Crippen LogP contribution in [0.25, 0.3) is 0 Å². The first-order valence-electron chi connectivity index (χ1n) is 5.09. The van der Waals surface area contributed by atoms with Crippen molar-refractivity contribution in [3.8, 4) is 0 Å². The van der Waals surface area contributed by atoms with Crippen LogP contribution in [-0.2, 0) is 14.8 Å². The molecule has 90 valence electrons. The van der Waals surface area contributed by atoms with Gasteiger partial charge in [0.25, 0.3) is 0 Å². The number of ether oxygens (including phenoxy) is 1. The van der Waals surface area contributed by atoms with Crippen molar-refractivity contribution in [3.05, 3.63) is 0 Å². The summed E-state index contributed by atoms with van der Waals surface area (Å²) in [6.07, 6.45) is 0.287. The molecule has 0 aromatic heterocycles. The fourth-order valence-corrected chi connectivity index (χ4v) is 3.59. The molecule has 1 aliphatic heterocycles. The van der Waals surface area contributed by atoms with E-state index < -0.39 is 15.6 Å². The largest absolute Gasteiger partial charge is 0.396 e. The smallest absolute Gasteiger partial charge is 0.214 e. The molecule has 0 aliphatic carbocycles. The number of sulfonamides is 1. The van der Waals surface area contributed by atoms with Gasteiger partial charge in [-0.15, -0.1) is 0 Å². The van der Waals surface area contributed by atoms with Crippen LogP contribution in [0.1, 0.15) is 20.3 Å². The van der Waals surface area contributed by atoms with Gasteiger partial charge in [-0.25, -0.2) is 8.42 Å². The molecule has 0 amide bonds. The summed E-state index contributed by atoms with van der Waals surface area (Å²) >= 11 is 0. The topological polar surface area (TPSA) is 66.8 Å². The van der Waals surface area contributed by atoms with Gasteiger partial charge in [-0.2, -0.15) is 4.31 Å². The van der Waals surface area contributed by atoms with Crippen LogP contribution in [-0.4, -0.2) is 55.5 Å². The summed E-state index contributed by atoms with van der Waals surface area (Å²) in [6.45, 7) is 4.88. The second-order valence-corrected chi connectivity index (χ2v) is 6.34. The van der Waals surface area contributed by atoms with Crippen molar-refractivity contribution >= 4 is 10.0 Å². The maximum absolute atomic E-state index is 11.9. The molecule has 1 N–H and O–H groups in total. The summed E-state index contributed by atoms with van der Waals surface area (Å²) in [5.74, 6) is 0.00687. The van der Waals surface area contributed by atoms with Gasteiger partial charge in [0.15, 0.2) is 0 Å². The summed E-state index contributed by atoms with van der Waals surface area (Å²) in [5.41, 5.74) is -0.480. The summed E-state index contributed by atoms with van der Waals surface area (Å²) < 4.78 is 30.6. The van der Waals surface area contributed by atoms with Crippen molar-refractivity contribution in [3.63, 3.8) is 0 Å². The van der Waals surface area contributed by atoms with Crippen molar-refractivity contribution in [1.82, 2.24) is 4.31 Å². The minimum Gasteiger partial charge on any atom is -0.396 e. The molecule has 0 unspecified atom stereocenters. The van der Waals surface area contributed by atoms with Gasteiger partial charge in [0.1, 0.15) is 0 Å². The van der Waals surface area contributed by atoms with Crippen LogP contribution in [0.15, 0.2) is 0 Å². The van der Waals surface area contributed by atoms with Crippen LogP contribution in [0, 0.1) is 0 Å². The van der Waals surface area contributed by atoms with E-state index in [0.717, 1.165) is 0 Å². The Hall–Kier alpha value is -0.170. The van der Waals surface area contributed by atoms with Gasteiger partial charge in [0.05, 0.1) is 24.5 Å². The van der Waals surface area contributed by atoms with E-state index in [1.54, 1.807) is 0 Å². The normalized spacial score (nSPS) is 22.9. The Balaban J connectivity index is 2.76. The molecule has 1 fully saturated rings. The molecule has 6 heteroatoms. The van der Waals surface area contributed by atoms with E-state index in [9.17, 15) is 8.42 Å². The highest BCUT2D eigenvalue weighted by molar-refractivity contribution is 7.89. The average Bonchev–Trinajstić information content (AvgIpc) is 2.13. The van der Waals surface area contributed by atoms with Gasteiger partial charge < -0.3 is 9.84 Å². The lowest BCUT2D eigenvalue weighted by Crippen LogP contribution is -2.55. The molecule has 0 radical (unpaired) electrons. The number of hydrogen-bond donors (Lipinski definition) is 1. The molecular formula is C9H19NO4S. The summed E-state index contributed by atoms with van der Waals surface area (Å²) in [5, 5.41) is 8.65. The minimum atomic E-state index is -3.26. The molecule has 1 heterocycles. The van der Waals surface area contributed by atoms with Gasteiger partial charge in [0, 0.05) is 13.2 Å². The zero-order chi connectivity index (χ0) is 11.5. The summed E-state index contributed by atoms with van der Waals surface area (Å²) in [6, 6.07) is 0. The van der Waals surface area contributed by atoms with E-state index >= 15 is 0 Å². The van der Waals surface area contributed by atoms with Gasteiger partial charge in [0.2, 0.25) is 10.0 Å². The Morgan fingerprint density at radius 1 is 1.47 bits per heavy atom. The molecule has 0 atom stereocenters. The molecule has 0 aromatic carbocycles. The number of hydrogen-bond acceptors (Lipinski definition) is 4. The van der Waals surface area contributed by atoms with Crippen molar-refractivity contribution in [2.75, 3.05) is 32.1 Å². The van der Waals surface area contributed by atoms with Crippen LogP contribution in [0.2, 0.25) is 0 Å². The van der Waals surface area contributed by atoms with Gasteiger partial charge in [-0.3, -0.25) is 0 Å². The summed E-state index contributed by atoms with van der Waals surface area (Å²) in [4.78, 5) is 0. The first-order valence-corrected chi connectivity index (χ1v) is 6.70. The SMILES string of the molecule is CC1(C)COCCN1S(=O)(=O)CCCO. The molecule has 0 saturated carbocycles. The fourth-order valence-electron chi connectivity index (χ4n) is 1.72. The zero-order valence-electron chi connectivity index (χ0n) is 9.27. The Morgan fingerprint density at radius 3 is 2.67 bits per heavy atom. The Labute approximate surface area is 91.1 Å². The number of rotatable bonds is 4. The highest BCUT2D eigenvalue weighted by Crippen LogP contribution is 2.23. The van der Waals surface area contributed by atoms with Crippen LogP contribution >= 0.6 is 0 Å². The Bertz CT molecular complexity index is 299. The van der Waals surface area contributed by atoms with Crippen LogP contribution in [0.4, 0.5) is 0 Å². The fraction of sp³-hybridized carbons (Fsp3) is 1.00. The third kappa shape index (κ3) is 3.14. The van der Waals surface area contributed by atoms with E-state index in [4.69, 9.17) is 9.84 Å². The third-order valence-electron chi connectivity index (χ3n) is 2.47. The lowest BCUT2D eigenvalue weighted by Gasteiger charge is -2.40. The van der Waals surface area contributed by atoms with Crippen molar-refractivity contribution in [2.45, 2.75) is 25.8 Å². The lowest BCUT2D eigenvalue weighted by atomic mass is 10.1. The van der Waals surface area contributed by atoms with Crippen LogP contribution in [0.3, 0.4) is 0 Å². The predicted molar refractivity (Wildman–Crippen MR) is 57.1 cm³/mol. The van der Waals surface area contributed by atoms with Gasteiger partial charge in [-0.05, 0) is 20.3 Å². The van der Waals surface area contributed by atoms with E-state index in [2.05, 4.69) is 0 Å². The van der Waals surface area contributed by atoms with E-state index in [-0.39, 0.29) is 18.8 Å². The number of nitrogens with zero attached hydrogens (tertiary/aromatic N) is 1. The third-order valence-corrected chi connectivity index (χ3v) is 4.62.